The van der Waals surface area contributed by atoms with Crippen LogP contribution in [0.15, 0.2) is 18.2 Å². The van der Waals surface area contributed by atoms with Crippen LogP contribution in [0.25, 0.3) is 0 Å². The van der Waals surface area contributed by atoms with Crippen molar-refractivity contribution in [2.24, 2.45) is 0 Å². The van der Waals surface area contributed by atoms with Gasteiger partial charge >= 0.3 is 0 Å². The monoisotopic (exact) mass is 256 g/mol. The quantitative estimate of drug-likeness (QED) is 0.572. The summed E-state index contributed by atoms with van der Waals surface area (Å²) in [6, 6.07) is 5.61. The lowest BCUT2D eigenvalue weighted by Gasteiger charge is -2.13. The highest BCUT2D eigenvalue weighted by Crippen LogP contribution is 2.36. The van der Waals surface area contributed by atoms with Crippen molar-refractivity contribution in [3.8, 4) is 17.2 Å². The van der Waals surface area contributed by atoms with Gasteiger partial charge in [0.2, 0.25) is 5.75 Å². The van der Waals surface area contributed by atoms with Gasteiger partial charge in [0, 0.05) is 0 Å². The molecule has 0 spiro atoms. The molecule has 1 rings (SSSR count). The smallest absolute Gasteiger partial charge is 0.203 e. The van der Waals surface area contributed by atoms with Crippen LogP contribution in [0, 0.1) is 0 Å². The van der Waals surface area contributed by atoms with E-state index in [1.807, 2.05) is 18.2 Å². The molecule has 0 radical (unpaired) electrons. The van der Waals surface area contributed by atoms with Gasteiger partial charge in [0.15, 0.2) is 11.5 Å². The molecule has 0 aliphatic rings. The number of hydrogen-bond donors (Lipinski definition) is 1. The molecule has 0 amide bonds. The second kappa shape index (κ2) is 8.12. The lowest BCUT2D eigenvalue weighted by Crippen LogP contribution is -2.01. The van der Waals surface area contributed by atoms with E-state index in [9.17, 15) is 0 Å². The van der Waals surface area contributed by atoms with Gasteiger partial charge in [-0.05, 0) is 37.1 Å². The summed E-state index contributed by atoms with van der Waals surface area (Å²) in [6.07, 6.45) is 3.26. The van der Waals surface area contributed by atoms with Crippen LogP contribution in [0.3, 0.4) is 0 Å². The zero-order valence-electron chi connectivity index (χ0n) is 10.4. The molecule has 3 nitrogen and oxygen atoms in total. The number of benzene rings is 1. The molecule has 0 aromatic heterocycles. The highest BCUT2D eigenvalue weighted by atomic mass is 32.1. The number of methoxy groups -OCH3 is 2. The summed E-state index contributed by atoms with van der Waals surface area (Å²) in [5.41, 5.74) is 0. The second-order valence-electron chi connectivity index (χ2n) is 3.62. The third-order valence-corrected chi connectivity index (χ3v) is 2.75. The van der Waals surface area contributed by atoms with Gasteiger partial charge < -0.3 is 14.2 Å². The fourth-order valence-electron chi connectivity index (χ4n) is 1.52. The molecular weight excluding hydrogens is 236 g/mol. The standard InChI is InChI=1S/C13H20O3S/c1-14-11-7-6-8-12(15-2)13(11)16-9-4-3-5-10-17/h6-8,17H,3-5,9-10H2,1-2H3. The lowest BCUT2D eigenvalue weighted by atomic mass is 10.2. The van der Waals surface area contributed by atoms with Crippen LogP contribution in [0.4, 0.5) is 0 Å². The number of unbranched alkanes of at least 4 members (excludes halogenated alkanes) is 2. The average molecular weight is 256 g/mol. The van der Waals surface area contributed by atoms with Crippen LogP contribution < -0.4 is 14.2 Å². The van der Waals surface area contributed by atoms with Crippen LogP contribution in [-0.4, -0.2) is 26.6 Å². The van der Waals surface area contributed by atoms with Gasteiger partial charge in [-0.15, -0.1) is 0 Å². The van der Waals surface area contributed by atoms with Crippen molar-refractivity contribution in [1.82, 2.24) is 0 Å². The van der Waals surface area contributed by atoms with Gasteiger partial charge in [-0.25, -0.2) is 0 Å². The molecule has 17 heavy (non-hydrogen) atoms. The predicted octanol–water partition coefficient (Wildman–Crippen LogP) is 3.18. The molecule has 96 valence electrons. The van der Waals surface area contributed by atoms with Crippen molar-refractivity contribution in [3.63, 3.8) is 0 Å². The van der Waals surface area contributed by atoms with Crippen molar-refractivity contribution in [2.45, 2.75) is 19.3 Å². The minimum absolute atomic E-state index is 0.671. The Kier molecular flexibility index (Phi) is 6.70. The lowest BCUT2D eigenvalue weighted by molar-refractivity contribution is 0.268. The van der Waals surface area contributed by atoms with Gasteiger partial charge in [-0.3, -0.25) is 0 Å². The molecule has 0 fully saturated rings. The first-order valence-electron chi connectivity index (χ1n) is 5.78. The van der Waals surface area contributed by atoms with E-state index < -0.39 is 0 Å². The predicted molar refractivity (Wildman–Crippen MR) is 72.7 cm³/mol. The van der Waals surface area contributed by atoms with Crippen LogP contribution in [0.1, 0.15) is 19.3 Å². The first-order chi connectivity index (χ1) is 8.33. The highest BCUT2D eigenvalue weighted by molar-refractivity contribution is 7.80. The summed E-state index contributed by atoms with van der Waals surface area (Å²) in [7, 11) is 3.26. The maximum absolute atomic E-state index is 5.72. The van der Waals surface area contributed by atoms with E-state index in [2.05, 4.69) is 12.6 Å². The van der Waals surface area contributed by atoms with Gasteiger partial charge in [-0.1, -0.05) is 6.07 Å². The van der Waals surface area contributed by atoms with Gasteiger partial charge in [0.1, 0.15) is 0 Å². The molecule has 0 aliphatic carbocycles. The Hall–Kier alpha value is -1.03. The SMILES string of the molecule is COc1cccc(OC)c1OCCCCCS. The van der Waals surface area contributed by atoms with E-state index in [1.54, 1.807) is 14.2 Å². The van der Waals surface area contributed by atoms with Crippen LogP contribution >= 0.6 is 12.6 Å². The molecular formula is C13H20O3S. The summed E-state index contributed by atoms with van der Waals surface area (Å²) >= 11 is 4.17. The fraction of sp³-hybridized carbons (Fsp3) is 0.538. The summed E-state index contributed by atoms with van der Waals surface area (Å²) in [4.78, 5) is 0. The summed E-state index contributed by atoms with van der Waals surface area (Å²) in [5.74, 6) is 3.03. The Bertz CT molecular complexity index is 306. The third kappa shape index (κ3) is 4.38. The van der Waals surface area contributed by atoms with E-state index in [0.717, 1.165) is 25.0 Å². The second-order valence-corrected chi connectivity index (χ2v) is 4.07. The maximum atomic E-state index is 5.72. The molecule has 1 aromatic rings. The first kappa shape index (κ1) is 14.0. The van der Waals surface area contributed by atoms with Crippen LogP contribution in [0.2, 0.25) is 0 Å². The number of para-hydroxylation sites is 1. The van der Waals surface area contributed by atoms with Crippen molar-refractivity contribution in [3.05, 3.63) is 18.2 Å². The highest BCUT2D eigenvalue weighted by Gasteiger charge is 2.10. The number of ether oxygens (including phenoxy) is 3. The zero-order chi connectivity index (χ0) is 12.5. The Morgan fingerprint density at radius 1 is 1.00 bits per heavy atom. The molecule has 0 heterocycles. The number of thiol groups is 1. The van der Waals surface area contributed by atoms with E-state index in [4.69, 9.17) is 14.2 Å². The Morgan fingerprint density at radius 3 is 2.18 bits per heavy atom. The zero-order valence-corrected chi connectivity index (χ0v) is 11.3. The summed E-state index contributed by atoms with van der Waals surface area (Å²) in [5, 5.41) is 0. The molecule has 0 N–H and O–H groups in total. The molecule has 0 bridgehead atoms. The molecule has 0 unspecified atom stereocenters. The normalized spacial score (nSPS) is 10.1. The largest absolute Gasteiger partial charge is 0.493 e. The van der Waals surface area contributed by atoms with Crippen molar-refractivity contribution >= 4 is 12.6 Å². The Labute approximate surface area is 108 Å². The van der Waals surface area contributed by atoms with Crippen molar-refractivity contribution in [2.75, 3.05) is 26.6 Å². The minimum Gasteiger partial charge on any atom is -0.493 e. The number of rotatable bonds is 8. The fourth-order valence-corrected chi connectivity index (χ4v) is 1.75. The van der Waals surface area contributed by atoms with E-state index in [1.165, 1.54) is 0 Å². The Balaban J connectivity index is 2.55. The van der Waals surface area contributed by atoms with Gasteiger partial charge in [0.25, 0.3) is 0 Å². The van der Waals surface area contributed by atoms with Gasteiger partial charge in [-0.2, -0.15) is 12.6 Å². The Morgan fingerprint density at radius 2 is 1.65 bits per heavy atom. The molecule has 0 atom stereocenters. The molecule has 4 heteroatoms. The first-order valence-corrected chi connectivity index (χ1v) is 6.41. The number of hydrogen-bond acceptors (Lipinski definition) is 4. The minimum atomic E-state index is 0.671. The van der Waals surface area contributed by atoms with E-state index >= 15 is 0 Å². The average Bonchev–Trinajstić information content (AvgIpc) is 2.38. The molecule has 1 aromatic carbocycles. The third-order valence-electron chi connectivity index (χ3n) is 2.43. The summed E-state index contributed by atoms with van der Waals surface area (Å²) in [6.45, 7) is 0.671. The maximum Gasteiger partial charge on any atom is 0.203 e. The van der Waals surface area contributed by atoms with Crippen molar-refractivity contribution < 1.29 is 14.2 Å². The summed E-state index contributed by atoms with van der Waals surface area (Å²) < 4.78 is 16.2. The van der Waals surface area contributed by atoms with Crippen molar-refractivity contribution in [1.29, 1.82) is 0 Å². The van der Waals surface area contributed by atoms with E-state index in [-0.39, 0.29) is 0 Å². The topological polar surface area (TPSA) is 27.7 Å². The molecule has 0 aliphatic heterocycles. The van der Waals surface area contributed by atoms with Crippen LogP contribution in [0.5, 0.6) is 17.2 Å². The van der Waals surface area contributed by atoms with Gasteiger partial charge in [0.05, 0.1) is 20.8 Å². The van der Waals surface area contributed by atoms with Crippen LogP contribution in [-0.2, 0) is 0 Å². The van der Waals surface area contributed by atoms with E-state index in [0.29, 0.717) is 23.9 Å². The molecule has 0 saturated heterocycles. The molecule has 0 saturated carbocycles.